The van der Waals surface area contributed by atoms with Gasteiger partial charge in [-0.2, -0.15) is 4.98 Å². The number of halogens is 2. The molecule has 0 aliphatic carbocycles. The molecule has 1 rings (SSSR count). The lowest BCUT2D eigenvalue weighted by Gasteiger charge is -2.19. The van der Waals surface area contributed by atoms with Gasteiger partial charge < -0.3 is 10.2 Å². The first kappa shape index (κ1) is 14.2. The average Bonchev–Trinajstić information content (AvgIpc) is 2.32. The molecule has 1 amide bonds. The summed E-state index contributed by atoms with van der Waals surface area (Å²) in [6, 6.07) is 0. The molecule has 0 spiro atoms. The molecular formula is C10H14BrClN4O. The maximum Gasteiger partial charge on any atom is 0.241 e. The molecule has 0 bridgehead atoms. The van der Waals surface area contributed by atoms with E-state index in [2.05, 4.69) is 31.2 Å². The van der Waals surface area contributed by atoms with Gasteiger partial charge in [-0.25, -0.2) is 4.98 Å². The fourth-order valence-corrected chi connectivity index (χ4v) is 1.78. The van der Waals surface area contributed by atoms with Gasteiger partial charge in [-0.3, -0.25) is 4.79 Å². The molecule has 7 heteroatoms. The van der Waals surface area contributed by atoms with Gasteiger partial charge in [-0.1, -0.05) is 0 Å². The molecule has 1 aromatic heterocycles. The predicted molar refractivity (Wildman–Crippen MR) is 71.2 cm³/mol. The number of nitrogens with one attached hydrogen (secondary N) is 1. The standard InChI is InChI=1S/C10H14BrClN4O/c1-3-16(4-2)8(17)6-13-9-7(11)5-14-10(12)15-9/h5H,3-4,6H2,1-2H3,(H,13,14,15). The van der Waals surface area contributed by atoms with Gasteiger partial charge in [-0.15, -0.1) is 0 Å². The summed E-state index contributed by atoms with van der Waals surface area (Å²) in [6.07, 6.45) is 1.54. The lowest BCUT2D eigenvalue weighted by Crippen LogP contribution is -2.35. The first-order valence-electron chi connectivity index (χ1n) is 5.28. The topological polar surface area (TPSA) is 58.1 Å². The minimum absolute atomic E-state index is 0.0247. The quantitative estimate of drug-likeness (QED) is 0.845. The minimum Gasteiger partial charge on any atom is -0.360 e. The number of likely N-dealkylation sites (N-methyl/N-ethyl adjacent to an activating group) is 1. The van der Waals surface area contributed by atoms with Crippen LogP contribution in [-0.2, 0) is 4.79 Å². The lowest BCUT2D eigenvalue weighted by molar-refractivity contribution is -0.128. The molecule has 0 saturated carbocycles. The summed E-state index contributed by atoms with van der Waals surface area (Å²) in [7, 11) is 0. The molecular weight excluding hydrogens is 307 g/mol. The van der Waals surface area contributed by atoms with Crippen LogP contribution in [0.5, 0.6) is 0 Å². The van der Waals surface area contributed by atoms with Gasteiger partial charge in [0, 0.05) is 19.3 Å². The number of rotatable bonds is 5. The molecule has 94 valence electrons. The third-order valence-electron chi connectivity index (χ3n) is 2.24. The zero-order chi connectivity index (χ0) is 12.8. The van der Waals surface area contributed by atoms with Gasteiger partial charge in [0.15, 0.2) is 0 Å². The van der Waals surface area contributed by atoms with E-state index >= 15 is 0 Å². The molecule has 17 heavy (non-hydrogen) atoms. The third kappa shape index (κ3) is 4.12. The second-order valence-electron chi connectivity index (χ2n) is 3.26. The van der Waals surface area contributed by atoms with Crippen LogP contribution in [0.2, 0.25) is 5.28 Å². The lowest BCUT2D eigenvalue weighted by atomic mass is 10.4. The molecule has 0 aliphatic heterocycles. The highest BCUT2D eigenvalue weighted by molar-refractivity contribution is 9.10. The molecule has 1 heterocycles. The van der Waals surface area contributed by atoms with E-state index in [0.29, 0.717) is 23.4 Å². The van der Waals surface area contributed by atoms with Crippen LogP contribution in [0, 0.1) is 0 Å². The summed E-state index contributed by atoms with van der Waals surface area (Å²) < 4.78 is 0.675. The normalized spacial score (nSPS) is 10.1. The van der Waals surface area contributed by atoms with Crippen molar-refractivity contribution in [1.29, 1.82) is 0 Å². The average molecular weight is 322 g/mol. The molecule has 0 aliphatic rings. The Morgan fingerprint density at radius 2 is 2.18 bits per heavy atom. The first-order chi connectivity index (χ1) is 8.08. The Labute approximate surface area is 114 Å². The van der Waals surface area contributed by atoms with Crippen LogP contribution in [0.3, 0.4) is 0 Å². The summed E-state index contributed by atoms with van der Waals surface area (Å²) in [4.78, 5) is 21.3. The molecule has 1 aromatic rings. The maximum atomic E-state index is 11.7. The van der Waals surface area contributed by atoms with Crippen molar-refractivity contribution < 1.29 is 4.79 Å². The Hall–Kier alpha value is -0.880. The van der Waals surface area contributed by atoms with Crippen molar-refractivity contribution in [3.8, 4) is 0 Å². The van der Waals surface area contributed by atoms with Gasteiger partial charge in [0.05, 0.1) is 11.0 Å². The minimum atomic E-state index is 0.0247. The van der Waals surface area contributed by atoms with E-state index in [-0.39, 0.29) is 17.7 Å². The molecule has 0 radical (unpaired) electrons. The van der Waals surface area contributed by atoms with Crippen molar-refractivity contribution >= 4 is 39.3 Å². The molecule has 0 atom stereocenters. The van der Waals surface area contributed by atoms with Gasteiger partial charge in [0.2, 0.25) is 11.2 Å². The largest absolute Gasteiger partial charge is 0.360 e. The van der Waals surface area contributed by atoms with Crippen molar-refractivity contribution in [3.05, 3.63) is 16.0 Å². The van der Waals surface area contributed by atoms with Gasteiger partial charge in [0.1, 0.15) is 5.82 Å². The van der Waals surface area contributed by atoms with Crippen LogP contribution in [0.1, 0.15) is 13.8 Å². The van der Waals surface area contributed by atoms with Crippen LogP contribution in [0.25, 0.3) is 0 Å². The summed E-state index contributed by atoms with van der Waals surface area (Å²) in [5, 5.41) is 3.07. The first-order valence-corrected chi connectivity index (χ1v) is 6.45. The van der Waals surface area contributed by atoms with Crippen molar-refractivity contribution in [3.63, 3.8) is 0 Å². The summed E-state index contributed by atoms with van der Waals surface area (Å²) in [6.45, 7) is 5.47. The van der Waals surface area contributed by atoms with Crippen LogP contribution < -0.4 is 5.32 Å². The van der Waals surface area contributed by atoms with Gasteiger partial charge >= 0.3 is 0 Å². The van der Waals surface area contributed by atoms with E-state index in [1.54, 1.807) is 11.1 Å². The van der Waals surface area contributed by atoms with Crippen molar-refractivity contribution in [2.75, 3.05) is 25.0 Å². The SMILES string of the molecule is CCN(CC)C(=O)CNc1nc(Cl)ncc1Br. The van der Waals surface area contributed by atoms with Crippen LogP contribution in [0.4, 0.5) is 5.82 Å². The monoisotopic (exact) mass is 320 g/mol. The Morgan fingerprint density at radius 3 is 2.76 bits per heavy atom. The fourth-order valence-electron chi connectivity index (χ4n) is 1.32. The number of carbonyl (C=O) groups is 1. The van der Waals surface area contributed by atoms with Crippen molar-refractivity contribution in [2.24, 2.45) is 0 Å². The zero-order valence-corrected chi connectivity index (χ0v) is 12.0. The number of hydrogen-bond acceptors (Lipinski definition) is 4. The van der Waals surface area contributed by atoms with E-state index < -0.39 is 0 Å². The van der Waals surface area contributed by atoms with Crippen LogP contribution in [-0.4, -0.2) is 40.4 Å². The molecule has 0 fully saturated rings. The highest BCUT2D eigenvalue weighted by Crippen LogP contribution is 2.19. The van der Waals surface area contributed by atoms with E-state index in [9.17, 15) is 4.79 Å². The van der Waals surface area contributed by atoms with Gasteiger partial charge in [-0.05, 0) is 41.4 Å². The van der Waals surface area contributed by atoms with Gasteiger partial charge in [0.25, 0.3) is 0 Å². The highest BCUT2D eigenvalue weighted by Gasteiger charge is 2.10. The summed E-state index contributed by atoms with van der Waals surface area (Å²) in [5.74, 6) is 0.544. The number of anilines is 1. The molecule has 5 nitrogen and oxygen atoms in total. The second-order valence-corrected chi connectivity index (χ2v) is 4.45. The smallest absolute Gasteiger partial charge is 0.241 e. The molecule has 0 saturated heterocycles. The Kier molecular flexibility index (Phi) is 5.64. The Bertz CT molecular complexity index is 398. The molecule has 0 aromatic carbocycles. The number of nitrogens with zero attached hydrogens (tertiary/aromatic N) is 3. The summed E-state index contributed by atoms with van der Waals surface area (Å²) in [5.41, 5.74) is 0. The van der Waals surface area contributed by atoms with E-state index in [0.717, 1.165) is 0 Å². The zero-order valence-electron chi connectivity index (χ0n) is 9.70. The Balaban J connectivity index is 2.61. The second kappa shape index (κ2) is 6.76. The maximum absolute atomic E-state index is 11.7. The van der Waals surface area contributed by atoms with Crippen molar-refractivity contribution in [1.82, 2.24) is 14.9 Å². The van der Waals surface area contributed by atoms with E-state index in [1.807, 2.05) is 13.8 Å². The highest BCUT2D eigenvalue weighted by atomic mass is 79.9. The Morgan fingerprint density at radius 1 is 1.53 bits per heavy atom. The van der Waals surface area contributed by atoms with Crippen LogP contribution in [0.15, 0.2) is 10.7 Å². The fraction of sp³-hybridized carbons (Fsp3) is 0.500. The number of hydrogen-bond donors (Lipinski definition) is 1. The number of aromatic nitrogens is 2. The van der Waals surface area contributed by atoms with E-state index in [4.69, 9.17) is 11.6 Å². The van der Waals surface area contributed by atoms with Crippen molar-refractivity contribution in [2.45, 2.75) is 13.8 Å². The third-order valence-corrected chi connectivity index (χ3v) is 3.00. The summed E-state index contributed by atoms with van der Waals surface area (Å²) >= 11 is 8.95. The number of carbonyl (C=O) groups excluding carboxylic acids is 1. The number of amides is 1. The molecule has 1 N–H and O–H groups in total. The predicted octanol–water partition coefficient (Wildman–Crippen LogP) is 2.17. The van der Waals surface area contributed by atoms with E-state index in [1.165, 1.54) is 0 Å². The van der Waals surface area contributed by atoms with Crippen LogP contribution >= 0.6 is 27.5 Å². The molecule has 0 unspecified atom stereocenters.